The molecule has 1 aliphatic heterocycles. The fraction of sp³-hybridized carbons (Fsp3) is 0.450. The summed E-state index contributed by atoms with van der Waals surface area (Å²) in [6, 6.07) is 10.5. The van der Waals surface area contributed by atoms with Crippen LogP contribution in [0.1, 0.15) is 31.2 Å². The number of carbonyl (C=O) groups excluding carboxylic acids is 1. The van der Waals surface area contributed by atoms with Gasteiger partial charge < -0.3 is 9.80 Å². The maximum Gasteiger partial charge on any atom is 0.226 e. The average Bonchev–Trinajstić information content (AvgIpc) is 3.49. The summed E-state index contributed by atoms with van der Waals surface area (Å²) in [5, 5.41) is 15.8. The van der Waals surface area contributed by atoms with E-state index < -0.39 is 0 Å². The molecule has 0 bridgehead atoms. The molecule has 1 amide bonds. The molecule has 1 saturated carbocycles. The second kappa shape index (κ2) is 7.38. The van der Waals surface area contributed by atoms with Crippen LogP contribution in [0, 0.1) is 11.7 Å². The summed E-state index contributed by atoms with van der Waals surface area (Å²) in [5.41, 5.74) is 1.59. The molecule has 2 aliphatic rings. The molecule has 2 aromatic heterocycles. The molecule has 5 rings (SSSR count). The van der Waals surface area contributed by atoms with Crippen LogP contribution < -0.4 is 4.90 Å². The molecule has 29 heavy (non-hydrogen) atoms. The molecule has 8 nitrogen and oxygen atoms in total. The number of piperidine rings is 1. The van der Waals surface area contributed by atoms with E-state index in [1.165, 1.54) is 16.8 Å². The average molecular weight is 395 g/mol. The Labute approximate surface area is 167 Å². The van der Waals surface area contributed by atoms with Crippen molar-refractivity contribution in [1.29, 1.82) is 0 Å². The number of hydrogen-bond acceptors (Lipinski definition) is 6. The highest BCUT2D eigenvalue weighted by molar-refractivity contribution is 5.80. The van der Waals surface area contributed by atoms with Crippen LogP contribution in [0.15, 0.2) is 36.4 Å². The number of benzene rings is 1. The Hall–Kier alpha value is -3.10. The number of hydrogen-bond donors (Lipinski definition) is 0. The largest absolute Gasteiger partial charge is 0.355 e. The first-order chi connectivity index (χ1) is 14.2. The van der Waals surface area contributed by atoms with E-state index in [9.17, 15) is 9.18 Å². The van der Waals surface area contributed by atoms with Crippen LogP contribution in [0.25, 0.3) is 5.65 Å². The SMILES string of the molecule is O=C(C1CCN(c2ccc3nnnn3n2)CC1)N(Cc1ccc(F)cc1)C1CC1. The number of tetrazole rings is 1. The number of anilines is 1. The van der Waals surface area contributed by atoms with Crippen molar-refractivity contribution in [2.75, 3.05) is 18.0 Å². The van der Waals surface area contributed by atoms with E-state index in [1.54, 1.807) is 12.1 Å². The number of carbonyl (C=O) groups is 1. The Bertz CT molecular complexity index is 1010. The first-order valence-electron chi connectivity index (χ1n) is 10.0. The minimum atomic E-state index is -0.251. The third-order valence-electron chi connectivity index (χ3n) is 5.76. The van der Waals surface area contributed by atoms with Crippen LogP contribution in [0.4, 0.5) is 10.2 Å². The van der Waals surface area contributed by atoms with Gasteiger partial charge in [-0.1, -0.05) is 12.1 Å². The summed E-state index contributed by atoms with van der Waals surface area (Å²) in [5.74, 6) is 0.810. The topological polar surface area (TPSA) is 79.5 Å². The first kappa shape index (κ1) is 18.0. The van der Waals surface area contributed by atoms with Crippen molar-refractivity contribution in [2.45, 2.75) is 38.3 Å². The molecular weight excluding hydrogens is 373 g/mol. The van der Waals surface area contributed by atoms with Gasteiger partial charge in [-0.15, -0.1) is 14.8 Å². The Morgan fingerprint density at radius 3 is 2.55 bits per heavy atom. The zero-order valence-electron chi connectivity index (χ0n) is 16.0. The molecule has 150 valence electrons. The molecule has 1 aliphatic carbocycles. The lowest BCUT2D eigenvalue weighted by atomic mass is 9.95. The second-order valence-corrected chi connectivity index (χ2v) is 7.80. The van der Waals surface area contributed by atoms with Crippen molar-refractivity contribution < 1.29 is 9.18 Å². The number of amides is 1. The van der Waals surface area contributed by atoms with Crippen LogP contribution in [0.5, 0.6) is 0 Å². The maximum absolute atomic E-state index is 13.2. The predicted octanol–water partition coefficient (Wildman–Crippen LogP) is 2.07. The van der Waals surface area contributed by atoms with Gasteiger partial charge in [-0.2, -0.15) is 0 Å². The minimum Gasteiger partial charge on any atom is -0.355 e. The van der Waals surface area contributed by atoms with E-state index in [0.29, 0.717) is 18.2 Å². The molecule has 3 heterocycles. The summed E-state index contributed by atoms with van der Waals surface area (Å²) < 4.78 is 14.6. The normalized spacial score (nSPS) is 17.6. The number of nitrogens with zero attached hydrogens (tertiary/aromatic N) is 7. The molecule has 0 radical (unpaired) electrons. The Kier molecular flexibility index (Phi) is 4.57. The van der Waals surface area contributed by atoms with E-state index in [2.05, 4.69) is 25.5 Å². The Morgan fingerprint density at radius 1 is 1.07 bits per heavy atom. The highest BCUT2D eigenvalue weighted by Crippen LogP contribution is 2.32. The Balaban J connectivity index is 1.24. The molecule has 1 aromatic carbocycles. The second-order valence-electron chi connectivity index (χ2n) is 7.80. The van der Waals surface area contributed by atoms with Crippen LogP contribution in [0.3, 0.4) is 0 Å². The summed E-state index contributed by atoms with van der Waals surface area (Å²) in [7, 11) is 0. The smallest absolute Gasteiger partial charge is 0.226 e. The zero-order valence-corrected chi connectivity index (χ0v) is 16.0. The lowest BCUT2D eigenvalue weighted by Gasteiger charge is -2.35. The van der Waals surface area contributed by atoms with Crippen LogP contribution in [-0.4, -0.2) is 55.2 Å². The molecule has 0 spiro atoms. The monoisotopic (exact) mass is 395 g/mol. The number of aromatic nitrogens is 5. The van der Waals surface area contributed by atoms with Gasteiger partial charge in [0, 0.05) is 31.6 Å². The number of rotatable bonds is 5. The van der Waals surface area contributed by atoms with Crippen LogP contribution in [0.2, 0.25) is 0 Å². The van der Waals surface area contributed by atoms with E-state index in [4.69, 9.17) is 0 Å². The van der Waals surface area contributed by atoms with Crippen LogP contribution in [-0.2, 0) is 11.3 Å². The van der Waals surface area contributed by atoms with Gasteiger partial charge in [-0.05, 0) is 65.9 Å². The summed E-state index contributed by atoms with van der Waals surface area (Å²) in [6.07, 6.45) is 3.70. The fourth-order valence-electron chi connectivity index (χ4n) is 3.96. The van der Waals surface area contributed by atoms with Gasteiger partial charge in [0.2, 0.25) is 5.91 Å². The van der Waals surface area contributed by atoms with E-state index in [-0.39, 0.29) is 17.6 Å². The van der Waals surface area contributed by atoms with Crippen molar-refractivity contribution in [2.24, 2.45) is 5.92 Å². The number of fused-ring (bicyclic) bond motifs is 1. The standard InChI is InChI=1S/C20H22FN7O/c21-16-3-1-14(2-4-16)13-27(17-5-6-17)20(29)15-9-11-26(12-10-15)19-8-7-18-22-24-25-28(18)23-19/h1-4,7-8,15,17H,5-6,9-13H2. The van der Waals surface area contributed by atoms with Crippen LogP contribution >= 0.6 is 0 Å². The van der Waals surface area contributed by atoms with Crippen molar-refractivity contribution in [3.63, 3.8) is 0 Å². The molecule has 0 N–H and O–H groups in total. The van der Waals surface area contributed by atoms with Gasteiger partial charge in [0.1, 0.15) is 5.82 Å². The molecule has 0 atom stereocenters. The molecular formula is C20H22FN7O. The van der Waals surface area contributed by atoms with Gasteiger partial charge in [-0.3, -0.25) is 4.79 Å². The first-order valence-corrected chi connectivity index (χ1v) is 10.0. The Morgan fingerprint density at radius 2 is 1.83 bits per heavy atom. The van der Waals surface area contributed by atoms with Gasteiger partial charge in [0.25, 0.3) is 0 Å². The molecule has 2 fully saturated rings. The van der Waals surface area contributed by atoms with Crippen molar-refractivity contribution in [3.05, 3.63) is 47.8 Å². The highest BCUT2D eigenvalue weighted by atomic mass is 19.1. The van der Waals surface area contributed by atoms with Gasteiger partial charge in [0.05, 0.1) is 0 Å². The van der Waals surface area contributed by atoms with Gasteiger partial charge in [0.15, 0.2) is 11.5 Å². The van der Waals surface area contributed by atoms with E-state index in [0.717, 1.165) is 50.2 Å². The molecule has 1 saturated heterocycles. The third-order valence-corrected chi connectivity index (χ3v) is 5.76. The lowest BCUT2D eigenvalue weighted by Crippen LogP contribution is -2.43. The maximum atomic E-state index is 13.2. The third kappa shape index (κ3) is 3.76. The fourth-order valence-corrected chi connectivity index (χ4v) is 3.96. The summed E-state index contributed by atoms with van der Waals surface area (Å²) in [4.78, 5) is 17.4. The molecule has 0 unspecified atom stereocenters. The van der Waals surface area contributed by atoms with Gasteiger partial charge in [-0.25, -0.2) is 4.39 Å². The van der Waals surface area contributed by atoms with E-state index >= 15 is 0 Å². The van der Waals surface area contributed by atoms with E-state index in [1.807, 2.05) is 17.0 Å². The molecule has 3 aromatic rings. The quantitative estimate of drug-likeness (QED) is 0.658. The highest BCUT2D eigenvalue weighted by Gasteiger charge is 2.37. The summed E-state index contributed by atoms with van der Waals surface area (Å²) in [6.45, 7) is 2.10. The number of halogens is 1. The van der Waals surface area contributed by atoms with Crippen molar-refractivity contribution >= 4 is 17.4 Å². The van der Waals surface area contributed by atoms with Gasteiger partial charge >= 0.3 is 0 Å². The van der Waals surface area contributed by atoms with Crippen molar-refractivity contribution in [1.82, 2.24) is 30.2 Å². The summed E-state index contributed by atoms with van der Waals surface area (Å²) >= 11 is 0. The lowest BCUT2D eigenvalue weighted by molar-refractivity contribution is -0.137. The molecule has 9 heteroatoms. The van der Waals surface area contributed by atoms with Crippen molar-refractivity contribution in [3.8, 4) is 0 Å². The minimum absolute atomic E-state index is 0.0177. The zero-order chi connectivity index (χ0) is 19.8. The predicted molar refractivity (Wildman–Crippen MR) is 103 cm³/mol.